The van der Waals surface area contributed by atoms with E-state index in [9.17, 15) is 14.4 Å². The Morgan fingerprint density at radius 1 is 1.03 bits per heavy atom. The maximum absolute atomic E-state index is 13.5. The van der Waals surface area contributed by atoms with Crippen LogP contribution in [0.25, 0.3) is 22.6 Å². The third-order valence-electron chi connectivity index (χ3n) is 6.47. The van der Waals surface area contributed by atoms with Gasteiger partial charge in [0.15, 0.2) is 6.61 Å². The first-order valence-corrected chi connectivity index (χ1v) is 13.4. The standard InChI is InChI=1S/C30H27N3O5S/c1-18-14-20(16-19-9-11-21(37-2)12-10-19)28-23(15-18)27(22-6-3-4-7-24(22)31-28)30(36)38-17-26(34)32-33-29(35)25-8-5-13-39-25/h3-13,16,18H,14-15,17H2,1-2H3,(H,32,34)(H,33,35)/b20-16+/t18-/m0/s1. The molecule has 0 saturated carbocycles. The van der Waals surface area contributed by atoms with Gasteiger partial charge < -0.3 is 9.47 Å². The zero-order chi connectivity index (χ0) is 27.4. The number of benzene rings is 2. The number of nitrogens with one attached hydrogen (secondary N) is 2. The molecule has 9 heteroatoms. The largest absolute Gasteiger partial charge is 0.497 e. The number of carbonyl (C=O) groups is 3. The molecule has 0 fully saturated rings. The fourth-order valence-corrected chi connectivity index (χ4v) is 5.32. The molecule has 2 aromatic heterocycles. The molecule has 4 aromatic rings. The van der Waals surface area contributed by atoms with Crippen LogP contribution in [0.4, 0.5) is 0 Å². The highest BCUT2D eigenvalue weighted by atomic mass is 32.1. The molecule has 2 amide bonds. The summed E-state index contributed by atoms with van der Waals surface area (Å²) in [6.07, 6.45) is 3.56. The number of thiophene rings is 1. The monoisotopic (exact) mass is 541 g/mol. The number of carbonyl (C=O) groups excluding carboxylic acids is 3. The van der Waals surface area contributed by atoms with E-state index in [1.54, 1.807) is 24.6 Å². The number of hydrogen-bond donors (Lipinski definition) is 2. The fourth-order valence-electron chi connectivity index (χ4n) is 4.71. The average molecular weight is 542 g/mol. The van der Waals surface area contributed by atoms with E-state index in [2.05, 4.69) is 23.9 Å². The minimum Gasteiger partial charge on any atom is -0.497 e. The highest BCUT2D eigenvalue weighted by Crippen LogP contribution is 2.38. The molecular weight excluding hydrogens is 514 g/mol. The molecule has 198 valence electrons. The van der Waals surface area contributed by atoms with Crippen LogP contribution in [-0.2, 0) is 16.0 Å². The SMILES string of the molecule is COc1ccc(/C=C2\C[C@H](C)Cc3c2nc2ccccc2c3C(=O)OCC(=O)NNC(=O)c2cccs2)cc1. The van der Waals surface area contributed by atoms with Crippen molar-refractivity contribution in [1.82, 2.24) is 15.8 Å². The number of allylic oxidation sites excluding steroid dienone is 1. The molecule has 39 heavy (non-hydrogen) atoms. The molecule has 0 spiro atoms. The maximum atomic E-state index is 13.5. The van der Waals surface area contributed by atoms with Crippen molar-refractivity contribution in [3.8, 4) is 5.75 Å². The number of rotatable bonds is 6. The molecule has 0 aliphatic heterocycles. The van der Waals surface area contributed by atoms with Gasteiger partial charge in [0.25, 0.3) is 11.8 Å². The third kappa shape index (κ3) is 5.83. The van der Waals surface area contributed by atoms with Crippen LogP contribution in [-0.4, -0.2) is 36.5 Å². The second-order valence-corrected chi connectivity index (χ2v) is 10.3. The van der Waals surface area contributed by atoms with E-state index < -0.39 is 24.4 Å². The molecule has 0 saturated heterocycles. The van der Waals surface area contributed by atoms with E-state index in [0.717, 1.165) is 34.6 Å². The molecule has 0 unspecified atom stereocenters. The molecule has 5 rings (SSSR count). The summed E-state index contributed by atoms with van der Waals surface area (Å²) < 4.78 is 10.7. The zero-order valence-corrected chi connectivity index (χ0v) is 22.3. The van der Waals surface area contributed by atoms with Crippen LogP contribution in [0.2, 0.25) is 0 Å². The summed E-state index contributed by atoms with van der Waals surface area (Å²) in [5, 5.41) is 2.43. The number of hydrogen-bond acceptors (Lipinski definition) is 7. The van der Waals surface area contributed by atoms with Crippen molar-refractivity contribution in [2.45, 2.75) is 19.8 Å². The lowest BCUT2D eigenvalue weighted by atomic mass is 9.80. The van der Waals surface area contributed by atoms with Crippen LogP contribution in [0, 0.1) is 5.92 Å². The number of amides is 2. The molecule has 2 aromatic carbocycles. The average Bonchev–Trinajstić information content (AvgIpc) is 3.49. The summed E-state index contributed by atoms with van der Waals surface area (Å²) in [7, 11) is 1.63. The van der Waals surface area contributed by atoms with Crippen molar-refractivity contribution in [3.63, 3.8) is 0 Å². The number of fused-ring (bicyclic) bond motifs is 2. The van der Waals surface area contributed by atoms with Gasteiger partial charge in [0.2, 0.25) is 0 Å². The van der Waals surface area contributed by atoms with Crippen LogP contribution in [0.15, 0.2) is 66.0 Å². The summed E-state index contributed by atoms with van der Waals surface area (Å²) in [6, 6.07) is 18.6. The lowest BCUT2D eigenvalue weighted by Gasteiger charge is -2.26. The Bertz CT molecular complexity index is 1560. The Balaban J connectivity index is 1.41. The molecule has 1 aliphatic carbocycles. The van der Waals surface area contributed by atoms with Crippen LogP contribution < -0.4 is 15.6 Å². The second kappa shape index (κ2) is 11.5. The molecule has 2 heterocycles. The quantitative estimate of drug-likeness (QED) is 0.262. The van der Waals surface area contributed by atoms with Crippen LogP contribution in [0.5, 0.6) is 5.75 Å². The summed E-state index contributed by atoms with van der Waals surface area (Å²) >= 11 is 1.25. The van der Waals surface area contributed by atoms with Crippen molar-refractivity contribution >= 4 is 51.7 Å². The van der Waals surface area contributed by atoms with Gasteiger partial charge in [-0.05, 0) is 71.2 Å². The van der Waals surface area contributed by atoms with Crippen LogP contribution in [0.3, 0.4) is 0 Å². The normalized spacial score (nSPS) is 15.4. The molecule has 0 bridgehead atoms. The lowest BCUT2D eigenvalue weighted by molar-refractivity contribution is -0.125. The van der Waals surface area contributed by atoms with Crippen molar-refractivity contribution in [2.75, 3.05) is 13.7 Å². The van der Waals surface area contributed by atoms with Crippen LogP contribution in [0.1, 0.15) is 50.2 Å². The lowest BCUT2D eigenvalue weighted by Crippen LogP contribution is -2.43. The van der Waals surface area contributed by atoms with Gasteiger partial charge in [0.05, 0.1) is 28.8 Å². The minimum absolute atomic E-state index is 0.271. The van der Waals surface area contributed by atoms with E-state index in [0.29, 0.717) is 27.8 Å². The van der Waals surface area contributed by atoms with E-state index in [-0.39, 0.29) is 5.92 Å². The molecule has 1 aliphatic rings. The number of esters is 1. The number of ether oxygens (including phenoxy) is 2. The van der Waals surface area contributed by atoms with Gasteiger partial charge in [0, 0.05) is 5.39 Å². The Hall–Kier alpha value is -4.50. The first-order chi connectivity index (χ1) is 18.9. The number of aromatic nitrogens is 1. The molecule has 2 N–H and O–H groups in total. The van der Waals surface area contributed by atoms with Gasteiger partial charge >= 0.3 is 5.97 Å². The van der Waals surface area contributed by atoms with E-state index in [4.69, 9.17) is 14.5 Å². The zero-order valence-electron chi connectivity index (χ0n) is 21.5. The number of pyridine rings is 1. The van der Waals surface area contributed by atoms with Gasteiger partial charge in [0.1, 0.15) is 5.75 Å². The van der Waals surface area contributed by atoms with Gasteiger partial charge in [-0.2, -0.15) is 0 Å². The Labute approximate surface area is 229 Å². The third-order valence-corrected chi connectivity index (χ3v) is 7.34. The summed E-state index contributed by atoms with van der Waals surface area (Å²) in [5.74, 6) is -0.647. The Kier molecular flexibility index (Phi) is 7.69. The summed E-state index contributed by atoms with van der Waals surface area (Å²) in [5.41, 5.74) is 9.31. The topological polar surface area (TPSA) is 107 Å². The first kappa shape index (κ1) is 26.1. The van der Waals surface area contributed by atoms with Gasteiger partial charge in [-0.15, -0.1) is 11.3 Å². The summed E-state index contributed by atoms with van der Waals surface area (Å²) in [4.78, 5) is 43.2. The summed E-state index contributed by atoms with van der Waals surface area (Å²) in [6.45, 7) is 1.60. The highest BCUT2D eigenvalue weighted by Gasteiger charge is 2.29. The predicted molar refractivity (Wildman–Crippen MR) is 150 cm³/mol. The molecule has 0 radical (unpaired) electrons. The van der Waals surface area contributed by atoms with E-state index in [1.165, 1.54) is 11.3 Å². The van der Waals surface area contributed by atoms with Crippen molar-refractivity contribution in [1.29, 1.82) is 0 Å². The smallest absolute Gasteiger partial charge is 0.339 e. The van der Waals surface area contributed by atoms with E-state index >= 15 is 0 Å². The molecular formula is C30H27N3O5S. The first-order valence-electron chi connectivity index (χ1n) is 12.5. The van der Waals surface area contributed by atoms with Gasteiger partial charge in [-0.3, -0.25) is 20.4 Å². The second-order valence-electron chi connectivity index (χ2n) is 9.34. The number of hydrazine groups is 1. The number of para-hydroxylation sites is 1. The number of methoxy groups -OCH3 is 1. The van der Waals surface area contributed by atoms with Gasteiger partial charge in [-0.25, -0.2) is 9.78 Å². The number of nitrogens with zero attached hydrogens (tertiary/aromatic N) is 1. The van der Waals surface area contributed by atoms with Gasteiger partial charge in [-0.1, -0.05) is 43.3 Å². The highest BCUT2D eigenvalue weighted by molar-refractivity contribution is 7.12. The minimum atomic E-state index is -0.644. The Morgan fingerprint density at radius 3 is 2.56 bits per heavy atom. The fraction of sp³-hybridized carbons (Fsp3) is 0.200. The van der Waals surface area contributed by atoms with Crippen LogP contribution >= 0.6 is 11.3 Å². The maximum Gasteiger partial charge on any atom is 0.339 e. The molecule has 1 atom stereocenters. The Morgan fingerprint density at radius 2 is 1.82 bits per heavy atom. The van der Waals surface area contributed by atoms with Crippen molar-refractivity contribution in [2.24, 2.45) is 5.92 Å². The van der Waals surface area contributed by atoms with Crippen molar-refractivity contribution < 1.29 is 23.9 Å². The molecule has 8 nitrogen and oxygen atoms in total. The predicted octanol–water partition coefficient (Wildman–Crippen LogP) is 5.05. The van der Waals surface area contributed by atoms with E-state index in [1.807, 2.05) is 48.5 Å². The van der Waals surface area contributed by atoms with Crippen molar-refractivity contribution in [3.05, 3.63) is 93.3 Å².